The van der Waals surface area contributed by atoms with Gasteiger partial charge < -0.3 is 0 Å². The quantitative estimate of drug-likeness (QED) is 0.860. The number of aromatic nitrogens is 1. The van der Waals surface area contributed by atoms with Crippen molar-refractivity contribution >= 4 is 21.7 Å². The molecule has 0 radical (unpaired) electrons. The van der Waals surface area contributed by atoms with E-state index in [-0.39, 0.29) is 5.92 Å². The summed E-state index contributed by atoms with van der Waals surface area (Å²) in [6, 6.07) is 2.10. The average Bonchev–Trinajstić information content (AvgIpc) is 2.29. The Bertz CT molecular complexity index is 400. The second kappa shape index (κ2) is 5.74. The highest BCUT2D eigenvalue weighted by atomic mass is 79.9. The Kier molecular flexibility index (Phi) is 4.29. The summed E-state index contributed by atoms with van der Waals surface area (Å²) >= 11 is 3.43. The minimum Gasteiger partial charge on any atom is -0.300 e. The fraction of sp³-hybridized carbons (Fsp3) is 0.538. The maximum absolute atomic E-state index is 11.3. The van der Waals surface area contributed by atoms with Gasteiger partial charge in [0.1, 0.15) is 5.78 Å². The van der Waals surface area contributed by atoms with Crippen LogP contribution in [0.2, 0.25) is 0 Å². The molecule has 0 amide bonds. The van der Waals surface area contributed by atoms with Crippen LogP contribution in [0.3, 0.4) is 0 Å². The number of halogens is 1. The number of carbonyl (C=O) groups excluding carboxylic acids is 1. The Morgan fingerprint density at radius 3 is 2.76 bits per heavy atom. The maximum atomic E-state index is 11.3. The molecule has 1 aromatic heterocycles. The van der Waals surface area contributed by atoms with Gasteiger partial charge in [0.25, 0.3) is 0 Å². The van der Waals surface area contributed by atoms with Gasteiger partial charge in [-0.2, -0.15) is 0 Å². The number of carbonyl (C=O) groups is 1. The predicted octanol–water partition coefficient (Wildman–Crippen LogP) is 2.65. The van der Waals surface area contributed by atoms with E-state index < -0.39 is 0 Å². The zero-order valence-electron chi connectivity index (χ0n) is 10.0. The first-order valence-corrected chi connectivity index (χ1v) is 6.76. The van der Waals surface area contributed by atoms with E-state index in [0.717, 1.165) is 36.9 Å². The van der Waals surface area contributed by atoms with Gasteiger partial charge in [-0.25, -0.2) is 0 Å². The van der Waals surface area contributed by atoms with Crippen LogP contribution < -0.4 is 0 Å². The molecule has 92 valence electrons. The Morgan fingerprint density at radius 1 is 1.47 bits per heavy atom. The van der Waals surface area contributed by atoms with Crippen LogP contribution in [0.25, 0.3) is 0 Å². The Morgan fingerprint density at radius 2 is 2.18 bits per heavy atom. The van der Waals surface area contributed by atoms with Crippen LogP contribution in [-0.4, -0.2) is 28.8 Å². The van der Waals surface area contributed by atoms with E-state index in [1.54, 1.807) is 13.1 Å². The van der Waals surface area contributed by atoms with Crippen molar-refractivity contribution < 1.29 is 4.79 Å². The minimum absolute atomic E-state index is 0.284. The summed E-state index contributed by atoms with van der Waals surface area (Å²) in [6.07, 6.45) is 5.70. The largest absolute Gasteiger partial charge is 0.300 e. The molecule has 3 nitrogen and oxygen atoms in total. The molecule has 0 aromatic carbocycles. The van der Waals surface area contributed by atoms with E-state index in [0.29, 0.717) is 5.78 Å². The van der Waals surface area contributed by atoms with Crippen molar-refractivity contribution in [3.8, 4) is 0 Å². The van der Waals surface area contributed by atoms with Gasteiger partial charge in [-0.15, -0.1) is 0 Å². The molecule has 1 aliphatic rings. The van der Waals surface area contributed by atoms with Crippen LogP contribution in [0, 0.1) is 5.92 Å². The molecule has 0 unspecified atom stereocenters. The number of piperidine rings is 1. The summed E-state index contributed by atoms with van der Waals surface area (Å²) in [6.45, 7) is 4.66. The van der Waals surface area contributed by atoms with Crippen molar-refractivity contribution in [1.82, 2.24) is 9.88 Å². The average molecular weight is 297 g/mol. The van der Waals surface area contributed by atoms with Crippen molar-refractivity contribution in [1.29, 1.82) is 0 Å². The second-order valence-electron chi connectivity index (χ2n) is 4.67. The van der Waals surface area contributed by atoms with E-state index in [1.165, 1.54) is 5.56 Å². The van der Waals surface area contributed by atoms with Gasteiger partial charge >= 0.3 is 0 Å². The number of Topliss-reactive ketones (excluding diaryl/α,β-unsaturated/α-hetero) is 1. The lowest BCUT2D eigenvalue weighted by atomic mass is 9.93. The van der Waals surface area contributed by atoms with Crippen molar-refractivity contribution in [2.75, 3.05) is 13.1 Å². The van der Waals surface area contributed by atoms with Gasteiger partial charge in [-0.3, -0.25) is 14.7 Å². The highest BCUT2D eigenvalue weighted by Crippen LogP contribution is 2.20. The van der Waals surface area contributed by atoms with Gasteiger partial charge in [0.15, 0.2) is 0 Å². The number of nitrogens with zero attached hydrogens (tertiary/aromatic N) is 2. The van der Waals surface area contributed by atoms with Gasteiger partial charge in [0, 0.05) is 29.3 Å². The zero-order chi connectivity index (χ0) is 12.3. The number of hydrogen-bond donors (Lipinski definition) is 0. The SMILES string of the molecule is CC(=O)C1CCN(Cc2cncc(Br)c2)CC1. The summed E-state index contributed by atoms with van der Waals surface area (Å²) in [5, 5.41) is 0. The van der Waals surface area contributed by atoms with Crippen molar-refractivity contribution in [2.45, 2.75) is 26.3 Å². The molecule has 1 saturated heterocycles. The molecule has 0 atom stereocenters. The van der Waals surface area contributed by atoms with E-state index in [4.69, 9.17) is 0 Å². The molecule has 1 aliphatic heterocycles. The van der Waals surface area contributed by atoms with Crippen LogP contribution >= 0.6 is 15.9 Å². The van der Waals surface area contributed by atoms with Crippen molar-refractivity contribution in [3.05, 3.63) is 28.5 Å². The van der Waals surface area contributed by atoms with Crippen LogP contribution in [0.1, 0.15) is 25.3 Å². The van der Waals surface area contributed by atoms with Gasteiger partial charge in [-0.05, 0) is 60.4 Å². The molecule has 1 fully saturated rings. The monoisotopic (exact) mass is 296 g/mol. The molecular weight excluding hydrogens is 280 g/mol. The molecule has 0 saturated carbocycles. The Balaban J connectivity index is 1.88. The summed E-state index contributed by atoms with van der Waals surface area (Å²) in [5.41, 5.74) is 1.22. The molecule has 0 aliphatic carbocycles. The first kappa shape index (κ1) is 12.7. The highest BCUT2D eigenvalue weighted by Gasteiger charge is 2.22. The molecule has 1 aromatic rings. The number of likely N-dealkylation sites (tertiary alicyclic amines) is 1. The summed E-state index contributed by atoms with van der Waals surface area (Å²) in [5.74, 6) is 0.626. The number of ketones is 1. The predicted molar refractivity (Wildman–Crippen MR) is 70.6 cm³/mol. The zero-order valence-corrected chi connectivity index (χ0v) is 11.6. The van der Waals surface area contributed by atoms with E-state index in [9.17, 15) is 4.79 Å². The fourth-order valence-corrected chi connectivity index (χ4v) is 2.71. The molecular formula is C13H17BrN2O. The molecule has 0 spiro atoms. The molecule has 0 N–H and O–H groups in total. The smallest absolute Gasteiger partial charge is 0.133 e. The van der Waals surface area contributed by atoms with Gasteiger partial charge in [0.2, 0.25) is 0 Å². The first-order valence-electron chi connectivity index (χ1n) is 5.97. The topological polar surface area (TPSA) is 33.2 Å². The van der Waals surface area contributed by atoms with Crippen LogP contribution in [0.5, 0.6) is 0 Å². The number of pyridine rings is 1. The molecule has 2 heterocycles. The lowest BCUT2D eigenvalue weighted by molar-refractivity contribution is -0.122. The first-order chi connectivity index (χ1) is 8.15. The fourth-order valence-electron chi connectivity index (χ4n) is 2.30. The van der Waals surface area contributed by atoms with Gasteiger partial charge in [0.05, 0.1) is 0 Å². The Labute approximate surface area is 110 Å². The summed E-state index contributed by atoms with van der Waals surface area (Å²) < 4.78 is 1.02. The van der Waals surface area contributed by atoms with E-state index in [1.807, 2.05) is 6.20 Å². The molecule has 0 bridgehead atoms. The molecule has 17 heavy (non-hydrogen) atoms. The van der Waals surface area contributed by atoms with Crippen molar-refractivity contribution in [2.24, 2.45) is 5.92 Å². The van der Waals surface area contributed by atoms with Gasteiger partial charge in [-0.1, -0.05) is 0 Å². The van der Waals surface area contributed by atoms with Crippen LogP contribution in [0.15, 0.2) is 22.9 Å². The lowest BCUT2D eigenvalue weighted by Gasteiger charge is -2.30. The van der Waals surface area contributed by atoms with E-state index >= 15 is 0 Å². The maximum Gasteiger partial charge on any atom is 0.133 e. The third-order valence-corrected chi connectivity index (χ3v) is 3.76. The molecule has 2 rings (SSSR count). The number of rotatable bonds is 3. The normalized spacial score (nSPS) is 18.2. The van der Waals surface area contributed by atoms with E-state index in [2.05, 4.69) is 31.9 Å². The standard InChI is InChI=1S/C13H17BrN2O/c1-10(17)12-2-4-16(5-3-12)9-11-6-13(14)8-15-7-11/h6-8,12H,2-5,9H2,1H3. The summed E-state index contributed by atoms with van der Waals surface area (Å²) in [4.78, 5) is 17.8. The third kappa shape index (κ3) is 3.61. The lowest BCUT2D eigenvalue weighted by Crippen LogP contribution is -2.35. The van der Waals surface area contributed by atoms with Crippen LogP contribution in [-0.2, 0) is 11.3 Å². The third-order valence-electron chi connectivity index (χ3n) is 3.33. The minimum atomic E-state index is 0.284. The number of hydrogen-bond acceptors (Lipinski definition) is 3. The highest BCUT2D eigenvalue weighted by molar-refractivity contribution is 9.10. The van der Waals surface area contributed by atoms with Crippen LogP contribution in [0.4, 0.5) is 0 Å². The second-order valence-corrected chi connectivity index (χ2v) is 5.59. The molecule has 4 heteroatoms. The Hall–Kier alpha value is -0.740. The van der Waals surface area contributed by atoms with Crippen molar-refractivity contribution in [3.63, 3.8) is 0 Å². The summed E-state index contributed by atoms with van der Waals surface area (Å²) in [7, 11) is 0.